The zero-order valence-corrected chi connectivity index (χ0v) is 12.8. The van der Waals surface area contributed by atoms with Gasteiger partial charge in [-0.1, -0.05) is 24.3 Å². The van der Waals surface area contributed by atoms with Crippen LogP contribution in [0.3, 0.4) is 0 Å². The molecule has 1 saturated heterocycles. The third-order valence-corrected chi connectivity index (χ3v) is 5.71. The van der Waals surface area contributed by atoms with Crippen LogP contribution in [-0.4, -0.2) is 36.0 Å². The highest BCUT2D eigenvalue weighted by atomic mass is 16.2. The first-order valence-corrected chi connectivity index (χ1v) is 8.25. The van der Waals surface area contributed by atoms with Gasteiger partial charge in [-0.25, -0.2) is 0 Å². The van der Waals surface area contributed by atoms with Crippen molar-refractivity contribution in [3.63, 3.8) is 0 Å². The number of amides is 1. The molecule has 1 amide bonds. The van der Waals surface area contributed by atoms with Crippen LogP contribution in [0.2, 0.25) is 0 Å². The first-order chi connectivity index (χ1) is 10.1. The van der Waals surface area contributed by atoms with E-state index in [1.54, 1.807) is 0 Å². The van der Waals surface area contributed by atoms with Gasteiger partial charge in [-0.2, -0.15) is 0 Å². The first-order valence-electron chi connectivity index (χ1n) is 8.25. The molecule has 1 unspecified atom stereocenters. The van der Waals surface area contributed by atoms with E-state index < -0.39 is 0 Å². The Hall–Kier alpha value is -1.35. The second kappa shape index (κ2) is 4.57. The number of carbonyl (C=O) groups is 1. The number of carbonyl (C=O) groups excluding carboxylic acids is 1. The van der Waals surface area contributed by atoms with Crippen molar-refractivity contribution in [1.29, 1.82) is 0 Å². The van der Waals surface area contributed by atoms with Gasteiger partial charge in [-0.15, -0.1) is 0 Å². The number of benzene rings is 1. The third kappa shape index (κ3) is 2.18. The van der Waals surface area contributed by atoms with Gasteiger partial charge in [0.2, 0.25) is 5.91 Å². The molecular weight excluding hydrogens is 260 g/mol. The minimum Gasteiger partial charge on any atom is -0.349 e. The second-order valence-electron chi connectivity index (χ2n) is 7.35. The predicted molar refractivity (Wildman–Crippen MR) is 83.3 cm³/mol. The van der Waals surface area contributed by atoms with E-state index in [0.717, 1.165) is 32.2 Å². The lowest BCUT2D eigenvalue weighted by Gasteiger charge is -2.36. The lowest BCUT2D eigenvalue weighted by atomic mass is 9.82. The molecule has 1 N–H and O–H groups in total. The summed E-state index contributed by atoms with van der Waals surface area (Å²) in [4.78, 5) is 15.4. The Morgan fingerprint density at radius 3 is 2.67 bits per heavy atom. The van der Waals surface area contributed by atoms with Gasteiger partial charge in [-0.3, -0.25) is 4.79 Å². The van der Waals surface area contributed by atoms with Crippen molar-refractivity contribution in [3.05, 3.63) is 35.4 Å². The molecule has 0 spiro atoms. The Bertz CT molecular complexity index is 574. The zero-order chi connectivity index (χ0) is 14.5. The summed E-state index contributed by atoms with van der Waals surface area (Å²) in [6.45, 7) is 5.58. The molecular formula is C18H24N2O. The molecule has 112 valence electrons. The zero-order valence-electron chi connectivity index (χ0n) is 12.8. The van der Waals surface area contributed by atoms with Gasteiger partial charge >= 0.3 is 0 Å². The van der Waals surface area contributed by atoms with Crippen LogP contribution in [0.1, 0.15) is 43.7 Å². The first kappa shape index (κ1) is 13.3. The number of nitrogens with zero attached hydrogens (tertiary/aromatic N) is 1. The van der Waals surface area contributed by atoms with Gasteiger partial charge in [0.1, 0.15) is 0 Å². The second-order valence-corrected chi connectivity index (χ2v) is 7.35. The van der Waals surface area contributed by atoms with Crippen LogP contribution in [0.4, 0.5) is 0 Å². The highest BCUT2D eigenvalue weighted by Gasteiger charge is 2.50. The topological polar surface area (TPSA) is 32.3 Å². The van der Waals surface area contributed by atoms with E-state index in [-0.39, 0.29) is 16.9 Å². The van der Waals surface area contributed by atoms with Crippen LogP contribution in [-0.2, 0) is 16.6 Å². The Kier molecular flexibility index (Phi) is 2.90. The highest BCUT2D eigenvalue weighted by molar-refractivity contribution is 5.90. The van der Waals surface area contributed by atoms with E-state index in [9.17, 15) is 4.79 Å². The molecule has 3 nitrogen and oxygen atoms in total. The van der Waals surface area contributed by atoms with E-state index in [1.807, 2.05) is 0 Å². The molecule has 3 aliphatic rings. The van der Waals surface area contributed by atoms with Gasteiger partial charge in [0, 0.05) is 6.54 Å². The monoisotopic (exact) mass is 284 g/mol. The van der Waals surface area contributed by atoms with E-state index in [0.29, 0.717) is 0 Å². The molecule has 0 radical (unpaired) electrons. The van der Waals surface area contributed by atoms with Crippen molar-refractivity contribution in [3.8, 4) is 0 Å². The normalized spacial score (nSPS) is 29.6. The molecule has 1 aromatic rings. The molecule has 2 aliphatic carbocycles. The maximum absolute atomic E-state index is 12.9. The molecule has 21 heavy (non-hydrogen) atoms. The molecule has 1 aliphatic heterocycles. The SMILES string of the molecule is CC1(C(=O)NC2(CN3CCC3)CC2)CCc2ccccc21. The van der Waals surface area contributed by atoms with Crippen molar-refractivity contribution >= 4 is 5.91 Å². The third-order valence-electron chi connectivity index (χ3n) is 5.71. The summed E-state index contributed by atoms with van der Waals surface area (Å²) in [5.41, 5.74) is 2.34. The van der Waals surface area contributed by atoms with Gasteiger partial charge in [0.05, 0.1) is 11.0 Å². The number of nitrogens with one attached hydrogen (secondary N) is 1. The van der Waals surface area contributed by atoms with Gasteiger partial charge in [0.15, 0.2) is 0 Å². The Labute approximate surface area is 126 Å². The number of rotatable bonds is 4. The summed E-state index contributed by atoms with van der Waals surface area (Å²) in [5.74, 6) is 0.241. The maximum Gasteiger partial charge on any atom is 0.230 e. The highest BCUT2D eigenvalue weighted by Crippen LogP contribution is 2.42. The lowest BCUT2D eigenvalue weighted by Crippen LogP contribution is -2.53. The van der Waals surface area contributed by atoms with Crippen molar-refractivity contribution in [2.24, 2.45) is 0 Å². The van der Waals surface area contributed by atoms with E-state index >= 15 is 0 Å². The number of fused-ring (bicyclic) bond motifs is 1. The van der Waals surface area contributed by atoms with Crippen LogP contribution < -0.4 is 5.32 Å². The lowest BCUT2D eigenvalue weighted by molar-refractivity contribution is -0.127. The van der Waals surface area contributed by atoms with Crippen LogP contribution >= 0.6 is 0 Å². The summed E-state index contributed by atoms with van der Waals surface area (Å²) < 4.78 is 0. The fourth-order valence-electron chi connectivity index (χ4n) is 3.85. The molecule has 0 bridgehead atoms. The van der Waals surface area contributed by atoms with Crippen LogP contribution in [0.5, 0.6) is 0 Å². The minimum atomic E-state index is -0.332. The minimum absolute atomic E-state index is 0.0814. The summed E-state index contributed by atoms with van der Waals surface area (Å²) >= 11 is 0. The average molecular weight is 284 g/mol. The molecule has 2 fully saturated rings. The van der Waals surface area contributed by atoms with Crippen LogP contribution in [0, 0.1) is 0 Å². The fraction of sp³-hybridized carbons (Fsp3) is 0.611. The van der Waals surface area contributed by atoms with Gasteiger partial charge in [-0.05, 0) is 63.2 Å². The Morgan fingerprint density at radius 2 is 2.00 bits per heavy atom. The summed E-state index contributed by atoms with van der Waals surface area (Å²) in [7, 11) is 0. The predicted octanol–water partition coefficient (Wildman–Crippen LogP) is 2.24. The average Bonchev–Trinajstić information content (AvgIpc) is 3.12. The van der Waals surface area contributed by atoms with Crippen molar-refractivity contribution in [2.75, 3.05) is 19.6 Å². The smallest absolute Gasteiger partial charge is 0.230 e. The standard InChI is InChI=1S/C18H24N2O/c1-17(8-7-14-5-2-3-6-15(14)17)16(21)19-18(9-10-18)13-20-11-4-12-20/h2-3,5-6H,4,7-13H2,1H3,(H,19,21). The molecule has 4 rings (SSSR count). The number of aryl methyl sites for hydroxylation is 1. The molecule has 1 aromatic carbocycles. The number of hydrogen-bond donors (Lipinski definition) is 1. The van der Waals surface area contributed by atoms with Crippen molar-refractivity contribution < 1.29 is 4.79 Å². The Balaban J connectivity index is 1.50. The fourth-order valence-corrected chi connectivity index (χ4v) is 3.85. The largest absolute Gasteiger partial charge is 0.349 e. The van der Waals surface area contributed by atoms with E-state index in [4.69, 9.17) is 0 Å². The van der Waals surface area contributed by atoms with E-state index in [1.165, 1.54) is 30.6 Å². The molecule has 3 heteroatoms. The van der Waals surface area contributed by atoms with Crippen molar-refractivity contribution in [2.45, 2.75) is 50.0 Å². The summed E-state index contributed by atoms with van der Waals surface area (Å²) in [6.07, 6.45) is 5.58. The van der Waals surface area contributed by atoms with Crippen LogP contribution in [0.25, 0.3) is 0 Å². The summed E-state index contributed by atoms with van der Waals surface area (Å²) in [5, 5.41) is 3.41. The molecule has 1 saturated carbocycles. The molecule has 1 heterocycles. The Morgan fingerprint density at radius 1 is 1.24 bits per heavy atom. The van der Waals surface area contributed by atoms with E-state index in [2.05, 4.69) is 41.4 Å². The maximum atomic E-state index is 12.9. The molecule has 1 atom stereocenters. The summed E-state index contributed by atoms with van der Waals surface area (Å²) in [6, 6.07) is 8.44. The van der Waals surface area contributed by atoms with Crippen LogP contribution in [0.15, 0.2) is 24.3 Å². The van der Waals surface area contributed by atoms with Crippen molar-refractivity contribution in [1.82, 2.24) is 10.2 Å². The quantitative estimate of drug-likeness (QED) is 0.919. The number of hydrogen-bond acceptors (Lipinski definition) is 2. The van der Waals surface area contributed by atoms with Gasteiger partial charge < -0.3 is 10.2 Å². The molecule has 0 aromatic heterocycles. The van der Waals surface area contributed by atoms with Gasteiger partial charge in [0.25, 0.3) is 0 Å². The number of likely N-dealkylation sites (tertiary alicyclic amines) is 1.